The van der Waals surface area contributed by atoms with Crippen molar-refractivity contribution in [2.75, 3.05) is 0 Å². The first-order chi connectivity index (χ1) is 14.5. The quantitative estimate of drug-likeness (QED) is 0.388. The van der Waals surface area contributed by atoms with Crippen LogP contribution in [0.25, 0.3) is 0 Å². The number of aryl methyl sites for hydroxylation is 1. The summed E-state index contributed by atoms with van der Waals surface area (Å²) in [4.78, 5) is 9.54. The van der Waals surface area contributed by atoms with E-state index in [2.05, 4.69) is 90.9 Å². The van der Waals surface area contributed by atoms with Gasteiger partial charge in [0.25, 0.3) is 0 Å². The van der Waals surface area contributed by atoms with Crippen LogP contribution in [0.15, 0.2) is 76.7 Å². The van der Waals surface area contributed by atoms with E-state index in [1.165, 1.54) is 16.7 Å². The van der Waals surface area contributed by atoms with Crippen LogP contribution in [0.4, 0.5) is 11.4 Å². The van der Waals surface area contributed by atoms with Crippen LogP contribution in [-0.2, 0) is 10.8 Å². The molecule has 3 aromatic rings. The van der Waals surface area contributed by atoms with Gasteiger partial charge in [-0.2, -0.15) is 0 Å². The average molecular weight is 411 g/mol. The predicted octanol–water partition coefficient (Wildman–Crippen LogP) is 8.09. The fourth-order valence-electron chi connectivity index (χ4n) is 3.30. The van der Waals surface area contributed by atoms with Crippen LogP contribution in [-0.4, -0.2) is 12.4 Å². The molecule has 0 aliphatic rings. The summed E-state index contributed by atoms with van der Waals surface area (Å²) in [5.74, 6) is 0. The monoisotopic (exact) mass is 410 g/mol. The minimum absolute atomic E-state index is 0.111. The van der Waals surface area contributed by atoms with Crippen LogP contribution < -0.4 is 0 Å². The van der Waals surface area contributed by atoms with Crippen molar-refractivity contribution in [3.63, 3.8) is 0 Å². The van der Waals surface area contributed by atoms with Gasteiger partial charge >= 0.3 is 0 Å². The number of aliphatic imine (C=N–C) groups is 2. The first-order valence-corrected chi connectivity index (χ1v) is 10.9. The van der Waals surface area contributed by atoms with Gasteiger partial charge in [0.2, 0.25) is 0 Å². The van der Waals surface area contributed by atoms with E-state index in [9.17, 15) is 0 Å². The van der Waals surface area contributed by atoms with Crippen molar-refractivity contribution in [2.24, 2.45) is 9.98 Å². The first kappa shape index (κ1) is 22.7. The fraction of sp³-hybridized carbons (Fsp3) is 0.310. The van der Waals surface area contributed by atoms with Gasteiger partial charge in [-0.25, -0.2) is 0 Å². The van der Waals surface area contributed by atoms with Crippen LogP contribution in [0.1, 0.15) is 69.4 Å². The van der Waals surface area contributed by atoms with Crippen LogP contribution in [0.5, 0.6) is 0 Å². The van der Waals surface area contributed by atoms with Crippen molar-refractivity contribution in [1.82, 2.24) is 0 Å². The Balaban J connectivity index is 1.89. The Hall–Kier alpha value is -3.00. The Morgan fingerprint density at radius 2 is 1.19 bits per heavy atom. The minimum Gasteiger partial charge on any atom is -0.254 e. The number of para-hydroxylation sites is 2. The molecule has 0 bridgehead atoms. The van der Waals surface area contributed by atoms with E-state index in [4.69, 9.17) is 9.98 Å². The summed E-state index contributed by atoms with van der Waals surface area (Å²) in [6.45, 7) is 15.5. The lowest BCUT2D eigenvalue weighted by atomic mass is 9.85. The smallest absolute Gasteiger partial charge is 0.0886 e. The first-order valence-electron chi connectivity index (χ1n) is 10.9. The molecule has 0 aromatic heterocycles. The Kier molecular flexibility index (Phi) is 6.59. The minimum atomic E-state index is 0.111. The lowest BCUT2D eigenvalue weighted by Gasteiger charge is -2.20. The van der Waals surface area contributed by atoms with Crippen molar-refractivity contribution in [3.8, 4) is 0 Å². The van der Waals surface area contributed by atoms with Gasteiger partial charge in [-0.05, 0) is 69.8 Å². The lowest BCUT2D eigenvalue weighted by molar-refractivity contribution is 0.590. The SMILES string of the molecule is Cc1ccc(C(C)(C)C)cc1C=Nc1ccccc1N=Cc1cccc(C(C)(C)C)c1. The second kappa shape index (κ2) is 9.01. The molecule has 2 nitrogen and oxygen atoms in total. The molecule has 2 heteroatoms. The molecule has 0 saturated heterocycles. The molecule has 160 valence electrons. The fourth-order valence-corrected chi connectivity index (χ4v) is 3.30. The number of benzene rings is 3. The average Bonchev–Trinajstić information content (AvgIpc) is 2.71. The predicted molar refractivity (Wildman–Crippen MR) is 136 cm³/mol. The number of nitrogens with zero attached hydrogens (tertiary/aromatic N) is 2. The van der Waals surface area contributed by atoms with E-state index in [1.54, 1.807) is 0 Å². The highest BCUT2D eigenvalue weighted by molar-refractivity contribution is 5.87. The number of hydrogen-bond donors (Lipinski definition) is 0. The summed E-state index contributed by atoms with van der Waals surface area (Å²) in [6.07, 6.45) is 3.88. The van der Waals surface area contributed by atoms with Crippen molar-refractivity contribution in [2.45, 2.75) is 59.3 Å². The van der Waals surface area contributed by atoms with Gasteiger partial charge in [0.05, 0.1) is 11.4 Å². The Labute approximate surface area is 187 Å². The molecule has 3 rings (SSSR count). The molecule has 0 saturated carbocycles. The van der Waals surface area contributed by atoms with Crippen molar-refractivity contribution < 1.29 is 0 Å². The third-order valence-corrected chi connectivity index (χ3v) is 5.48. The maximum Gasteiger partial charge on any atom is 0.0886 e. The standard InChI is InChI=1S/C29H34N2/c1-21-15-16-25(29(5,6)7)18-23(21)20-31-27-14-9-8-13-26(27)30-19-22-11-10-12-24(17-22)28(2,3)4/h8-20H,1-7H3. The zero-order chi connectivity index (χ0) is 22.6. The molecule has 0 unspecified atom stereocenters. The molecule has 0 amide bonds. The van der Waals surface area contributed by atoms with E-state index >= 15 is 0 Å². The van der Waals surface area contributed by atoms with Gasteiger partial charge in [-0.15, -0.1) is 0 Å². The number of rotatable bonds is 4. The maximum atomic E-state index is 4.79. The normalized spacial score (nSPS) is 12.7. The molecule has 0 radical (unpaired) electrons. The van der Waals surface area contributed by atoms with Gasteiger partial charge in [-0.3, -0.25) is 9.98 Å². The van der Waals surface area contributed by atoms with E-state index in [0.717, 1.165) is 22.5 Å². The summed E-state index contributed by atoms with van der Waals surface area (Å²) in [5, 5.41) is 0. The summed E-state index contributed by atoms with van der Waals surface area (Å²) in [6, 6.07) is 23.2. The van der Waals surface area contributed by atoms with Gasteiger partial charge in [0.15, 0.2) is 0 Å². The molecule has 31 heavy (non-hydrogen) atoms. The molecular weight excluding hydrogens is 376 g/mol. The highest BCUT2D eigenvalue weighted by Gasteiger charge is 2.14. The van der Waals surface area contributed by atoms with E-state index < -0.39 is 0 Å². The maximum absolute atomic E-state index is 4.79. The Morgan fingerprint density at radius 3 is 1.81 bits per heavy atom. The number of hydrogen-bond acceptors (Lipinski definition) is 2. The van der Waals surface area contributed by atoms with E-state index in [-0.39, 0.29) is 10.8 Å². The molecule has 0 atom stereocenters. The third-order valence-electron chi connectivity index (χ3n) is 5.48. The van der Waals surface area contributed by atoms with Gasteiger partial charge < -0.3 is 0 Å². The molecule has 0 spiro atoms. The highest BCUT2D eigenvalue weighted by Crippen LogP contribution is 2.29. The molecule has 0 aliphatic heterocycles. The van der Waals surface area contributed by atoms with Crippen LogP contribution in [0.3, 0.4) is 0 Å². The lowest BCUT2D eigenvalue weighted by Crippen LogP contribution is -2.11. The third kappa shape index (κ3) is 6.01. The molecule has 3 aromatic carbocycles. The topological polar surface area (TPSA) is 24.7 Å². The second-order valence-electron chi connectivity index (χ2n) is 10.2. The van der Waals surface area contributed by atoms with E-state index in [1.807, 2.05) is 36.7 Å². The molecule has 0 fully saturated rings. The Morgan fingerprint density at radius 1 is 0.613 bits per heavy atom. The zero-order valence-corrected chi connectivity index (χ0v) is 19.9. The summed E-state index contributed by atoms with van der Waals surface area (Å²) < 4.78 is 0. The zero-order valence-electron chi connectivity index (χ0n) is 19.9. The largest absolute Gasteiger partial charge is 0.254 e. The van der Waals surface area contributed by atoms with Crippen molar-refractivity contribution >= 4 is 23.8 Å². The summed E-state index contributed by atoms with van der Waals surface area (Å²) in [5.41, 5.74) is 8.03. The van der Waals surface area contributed by atoms with Crippen molar-refractivity contribution in [1.29, 1.82) is 0 Å². The van der Waals surface area contributed by atoms with Crippen LogP contribution in [0, 0.1) is 6.92 Å². The van der Waals surface area contributed by atoms with E-state index in [0.29, 0.717) is 0 Å². The van der Waals surface area contributed by atoms with Crippen molar-refractivity contribution in [3.05, 3.63) is 94.5 Å². The molecule has 0 aliphatic carbocycles. The molecule has 0 N–H and O–H groups in total. The summed E-state index contributed by atoms with van der Waals surface area (Å²) >= 11 is 0. The van der Waals surface area contributed by atoms with Gasteiger partial charge in [-0.1, -0.05) is 84.0 Å². The van der Waals surface area contributed by atoms with Gasteiger partial charge in [0, 0.05) is 12.4 Å². The highest BCUT2D eigenvalue weighted by atomic mass is 14.8. The Bertz CT molecular complexity index is 1110. The molecule has 0 heterocycles. The van der Waals surface area contributed by atoms with Crippen LogP contribution >= 0.6 is 0 Å². The summed E-state index contributed by atoms with van der Waals surface area (Å²) in [7, 11) is 0. The second-order valence-corrected chi connectivity index (χ2v) is 10.2. The van der Waals surface area contributed by atoms with Crippen LogP contribution in [0.2, 0.25) is 0 Å². The van der Waals surface area contributed by atoms with Gasteiger partial charge in [0.1, 0.15) is 0 Å². The molecular formula is C29H34N2.